The van der Waals surface area contributed by atoms with E-state index in [-0.39, 0.29) is 5.41 Å². The zero-order valence-corrected chi connectivity index (χ0v) is 15.2. The quantitative estimate of drug-likeness (QED) is 0.729. The molecule has 25 heavy (non-hydrogen) atoms. The molecule has 3 rings (SSSR count). The molecule has 0 bridgehead atoms. The molecular formula is C18H26N4O3. The number of aryl methyl sites for hydroxylation is 1. The first-order valence-electron chi connectivity index (χ1n) is 8.70. The van der Waals surface area contributed by atoms with Crippen molar-refractivity contribution in [2.24, 2.45) is 0 Å². The van der Waals surface area contributed by atoms with E-state index in [9.17, 15) is 9.59 Å². The molecule has 7 nitrogen and oxygen atoms in total. The van der Waals surface area contributed by atoms with Gasteiger partial charge in [-0.15, -0.1) is 0 Å². The maximum absolute atomic E-state index is 11.7. The third-order valence-electron chi connectivity index (χ3n) is 5.24. The molecule has 2 amide bonds. The first-order valence-corrected chi connectivity index (χ1v) is 8.70. The Kier molecular flexibility index (Phi) is 4.60. The number of hydrogen-bond donors (Lipinski definition) is 3. The number of carbonyl (C=O) groups excluding carboxylic acids is 2. The van der Waals surface area contributed by atoms with E-state index >= 15 is 0 Å². The van der Waals surface area contributed by atoms with E-state index in [0.717, 1.165) is 18.5 Å². The van der Waals surface area contributed by atoms with Gasteiger partial charge in [-0.25, -0.2) is 9.59 Å². The van der Waals surface area contributed by atoms with Gasteiger partial charge in [-0.05, 0) is 43.5 Å². The van der Waals surface area contributed by atoms with Crippen LogP contribution in [0.1, 0.15) is 37.0 Å². The zero-order valence-electron chi connectivity index (χ0n) is 15.2. The summed E-state index contributed by atoms with van der Waals surface area (Å²) in [7, 11) is 2.13. The predicted molar refractivity (Wildman–Crippen MR) is 95.7 cm³/mol. The molecule has 0 aromatic heterocycles. The van der Waals surface area contributed by atoms with Crippen molar-refractivity contribution in [3.05, 3.63) is 28.8 Å². The summed E-state index contributed by atoms with van der Waals surface area (Å²) in [5, 5.41) is 8.64. The number of likely N-dealkylation sites (N-methyl/N-ethyl adjacent to an activating group) is 1. The minimum atomic E-state index is -0.743. The molecule has 0 unspecified atom stereocenters. The lowest BCUT2D eigenvalue weighted by molar-refractivity contribution is 0.150. The van der Waals surface area contributed by atoms with Crippen molar-refractivity contribution in [3.63, 3.8) is 0 Å². The second-order valence-electron chi connectivity index (χ2n) is 7.00. The van der Waals surface area contributed by atoms with Gasteiger partial charge in [-0.3, -0.25) is 5.32 Å². The van der Waals surface area contributed by atoms with Gasteiger partial charge in [0.25, 0.3) is 0 Å². The topological polar surface area (TPSA) is 82.7 Å². The van der Waals surface area contributed by atoms with Crippen molar-refractivity contribution < 1.29 is 14.3 Å². The van der Waals surface area contributed by atoms with Crippen molar-refractivity contribution in [2.75, 3.05) is 25.0 Å². The van der Waals surface area contributed by atoms with Crippen LogP contribution >= 0.6 is 0 Å². The van der Waals surface area contributed by atoms with Crippen molar-refractivity contribution >= 4 is 17.9 Å². The number of fused-ring (bicyclic) bond motifs is 3. The molecule has 2 aliphatic heterocycles. The average Bonchev–Trinajstić information content (AvgIpc) is 3.03. The van der Waals surface area contributed by atoms with Crippen molar-refractivity contribution in [1.29, 1.82) is 0 Å². The zero-order chi connectivity index (χ0) is 18.2. The number of ether oxygens (including phenoxy) is 1. The van der Waals surface area contributed by atoms with E-state index in [1.165, 1.54) is 16.8 Å². The number of anilines is 1. The monoisotopic (exact) mass is 346 g/mol. The fraction of sp³-hybridized carbons (Fsp3) is 0.556. The number of nitrogens with one attached hydrogen (secondary N) is 3. The summed E-state index contributed by atoms with van der Waals surface area (Å²) in [6.45, 7) is 7.89. The van der Waals surface area contributed by atoms with Crippen LogP contribution in [0.25, 0.3) is 0 Å². The second-order valence-corrected chi connectivity index (χ2v) is 7.00. The molecule has 0 aliphatic carbocycles. The summed E-state index contributed by atoms with van der Waals surface area (Å²) in [4.78, 5) is 25.3. The number of benzene rings is 1. The van der Waals surface area contributed by atoms with Gasteiger partial charge >= 0.3 is 12.2 Å². The van der Waals surface area contributed by atoms with Crippen LogP contribution in [0.15, 0.2) is 12.1 Å². The van der Waals surface area contributed by atoms with Crippen LogP contribution in [0.3, 0.4) is 0 Å². The normalized spacial score (nSPS) is 23.8. The van der Waals surface area contributed by atoms with Gasteiger partial charge in [0.1, 0.15) is 0 Å². The van der Waals surface area contributed by atoms with E-state index in [2.05, 4.69) is 58.6 Å². The Balaban J connectivity index is 1.74. The second kappa shape index (κ2) is 6.55. The van der Waals surface area contributed by atoms with Gasteiger partial charge in [0.05, 0.1) is 6.17 Å². The largest absolute Gasteiger partial charge is 0.416 e. The molecule has 0 radical (unpaired) electrons. The molecule has 3 N–H and O–H groups in total. The van der Waals surface area contributed by atoms with Crippen LogP contribution < -0.4 is 20.9 Å². The molecule has 0 saturated carbocycles. The highest BCUT2D eigenvalue weighted by Crippen LogP contribution is 2.49. The third-order valence-corrected chi connectivity index (χ3v) is 5.24. The number of hydrogen-bond acceptors (Lipinski definition) is 5. The lowest BCUT2D eigenvalue weighted by Crippen LogP contribution is -2.44. The third kappa shape index (κ3) is 3.04. The van der Waals surface area contributed by atoms with Crippen molar-refractivity contribution in [1.82, 2.24) is 16.0 Å². The Morgan fingerprint density at radius 1 is 1.36 bits per heavy atom. The smallest absolute Gasteiger partial charge is 0.359 e. The highest BCUT2D eigenvalue weighted by molar-refractivity contribution is 5.83. The summed E-state index contributed by atoms with van der Waals surface area (Å²) >= 11 is 0. The lowest BCUT2D eigenvalue weighted by Gasteiger charge is -2.28. The molecule has 1 aromatic carbocycles. The maximum atomic E-state index is 11.7. The van der Waals surface area contributed by atoms with E-state index in [1.807, 2.05) is 0 Å². The first-order chi connectivity index (χ1) is 11.9. The van der Waals surface area contributed by atoms with E-state index in [0.29, 0.717) is 19.3 Å². The van der Waals surface area contributed by atoms with Crippen LogP contribution in [0, 0.1) is 6.92 Å². The summed E-state index contributed by atoms with van der Waals surface area (Å²) in [6.07, 6.45) is -0.0796. The van der Waals surface area contributed by atoms with Crippen molar-refractivity contribution in [3.8, 4) is 0 Å². The number of amides is 2. The molecule has 1 fully saturated rings. The summed E-state index contributed by atoms with van der Waals surface area (Å²) in [6, 6.07) is 4.24. The Bertz CT molecular complexity index is 706. The van der Waals surface area contributed by atoms with E-state index in [1.54, 1.807) is 6.92 Å². The van der Waals surface area contributed by atoms with Gasteiger partial charge in [-0.1, -0.05) is 19.1 Å². The fourth-order valence-electron chi connectivity index (χ4n) is 4.14. The lowest BCUT2D eigenvalue weighted by atomic mass is 9.80. The highest BCUT2D eigenvalue weighted by atomic mass is 16.6. The van der Waals surface area contributed by atoms with Gasteiger partial charge in [0.15, 0.2) is 0 Å². The van der Waals surface area contributed by atoms with Crippen LogP contribution in [-0.2, 0) is 16.7 Å². The molecule has 7 heteroatoms. The van der Waals surface area contributed by atoms with Gasteiger partial charge in [0.2, 0.25) is 0 Å². The number of rotatable bonds is 3. The molecule has 0 spiro atoms. The highest BCUT2D eigenvalue weighted by Gasteiger charge is 2.49. The SMILES string of the molecule is CCNC(=O)OC(=O)NCc1cc(C)c2c(c1)[C@]1(C)CCN[C@@H]1N2C. The predicted octanol–water partition coefficient (Wildman–Crippen LogP) is 1.98. The summed E-state index contributed by atoms with van der Waals surface area (Å²) < 4.78 is 4.62. The average molecular weight is 346 g/mol. The minimum absolute atomic E-state index is 0.0758. The Hall–Kier alpha value is -2.28. The number of carbonyl (C=O) groups is 2. The van der Waals surface area contributed by atoms with E-state index in [4.69, 9.17) is 0 Å². The van der Waals surface area contributed by atoms with Crippen molar-refractivity contribution in [2.45, 2.75) is 45.3 Å². The summed E-state index contributed by atoms with van der Waals surface area (Å²) in [5.74, 6) is 0. The van der Waals surface area contributed by atoms with Crippen LogP contribution in [-0.4, -0.2) is 38.5 Å². The van der Waals surface area contributed by atoms with E-state index < -0.39 is 12.2 Å². The van der Waals surface area contributed by atoms with Gasteiger partial charge in [0, 0.05) is 31.2 Å². The number of nitrogens with zero attached hydrogens (tertiary/aromatic N) is 1. The Labute approximate surface area is 148 Å². The van der Waals surface area contributed by atoms with Crippen LogP contribution in [0.2, 0.25) is 0 Å². The summed E-state index contributed by atoms with van der Waals surface area (Å²) in [5.41, 5.74) is 4.86. The Morgan fingerprint density at radius 3 is 2.80 bits per heavy atom. The molecular weight excluding hydrogens is 320 g/mol. The minimum Gasteiger partial charge on any atom is -0.359 e. The van der Waals surface area contributed by atoms with Gasteiger partial charge < -0.3 is 20.3 Å². The van der Waals surface area contributed by atoms with Crippen LogP contribution in [0.5, 0.6) is 0 Å². The molecule has 2 atom stereocenters. The molecule has 1 aromatic rings. The first kappa shape index (κ1) is 17.5. The standard InChI is InChI=1S/C18H26N4O3/c1-5-19-16(23)25-17(24)21-10-12-8-11(2)14-13(9-12)18(3)6-7-20-15(18)22(14)4/h8-9,15,20H,5-7,10H2,1-4H3,(H,19,23)(H,21,24)/t15-,18+/m1/s1. The maximum Gasteiger partial charge on any atom is 0.416 e. The van der Waals surface area contributed by atoms with Gasteiger partial charge in [-0.2, -0.15) is 0 Å². The molecule has 1 saturated heterocycles. The Morgan fingerprint density at radius 2 is 2.08 bits per heavy atom. The molecule has 136 valence electrons. The fourth-order valence-corrected chi connectivity index (χ4v) is 4.14. The van der Waals surface area contributed by atoms with Crippen LogP contribution in [0.4, 0.5) is 15.3 Å². The molecule has 2 heterocycles. The number of alkyl carbamates (subject to hydrolysis) is 2. The molecule has 2 aliphatic rings.